The number of alkyl halides is 12. The molecule has 0 aliphatic rings. The third-order valence-corrected chi connectivity index (χ3v) is 4.01. The van der Waals surface area contributed by atoms with Crippen LogP contribution < -0.4 is 5.32 Å². The van der Waals surface area contributed by atoms with E-state index < -0.39 is 47.6 Å². The fourth-order valence-electron chi connectivity index (χ4n) is 1.97. The molecule has 0 atom stereocenters. The third kappa shape index (κ3) is 3.61. The first-order valence-corrected chi connectivity index (χ1v) is 7.31. The Labute approximate surface area is 154 Å². The molecule has 14 heteroatoms. The Morgan fingerprint density at radius 2 is 1.31 bits per heavy atom. The molecule has 0 spiro atoms. The fraction of sp³-hybridized carbons (Fsp3) is 0.533. The number of nitrogens with one attached hydrogen (secondary N) is 1. The molecule has 0 aliphatic heterocycles. The summed E-state index contributed by atoms with van der Waals surface area (Å²) in [5, 5.41) is 1.10. The molecule has 1 aromatic carbocycles. The Balaban J connectivity index is 3.40. The Hall–Kier alpha value is -2.15. The zero-order chi connectivity index (χ0) is 23.2. The first kappa shape index (κ1) is 24.9. The van der Waals surface area contributed by atoms with Gasteiger partial charge in [-0.15, -0.1) is 0 Å². The lowest BCUT2D eigenvalue weighted by Crippen LogP contribution is -2.70. The Bertz CT molecular complexity index is 775. The molecule has 0 radical (unpaired) electrons. The van der Waals surface area contributed by atoms with Gasteiger partial charge in [-0.1, -0.05) is 12.1 Å². The van der Waals surface area contributed by atoms with E-state index in [9.17, 15) is 57.5 Å². The molecule has 29 heavy (non-hydrogen) atoms. The average Bonchev–Trinajstić information content (AvgIpc) is 2.57. The van der Waals surface area contributed by atoms with Gasteiger partial charge in [0.2, 0.25) is 0 Å². The maximum absolute atomic E-state index is 13.7. The number of rotatable bonds is 7. The molecule has 0 saturated carbocycles. The van der Waals surface area contributed by atoms with E-state index in [2.05, 4.69) is 0 Å². The van der Waals surface area contributed by atoms with Gasteiger partial charge in [0.15, 0.2) is 0 Å². The van der Waals surface area contributed by atoms with Gasteiger partial charge in [-0.05, 0) is 31.0 Å². The molecule has 1 amide bonds. The number of hydrogen-bond acceptors (Lipinski definition) is 1. The molecular formula is C15H11F12NO. The zero-order valence-electron chi connectivity index (χ0n) is 14.3. The van der Waals surface area contributed by atoms with Crippen molar-refractivity contribution in [2.75, 3.05) is 5.32 Å². The summed E-state index contributed by atoms with van der Waals surface area (Å²) in [5.41, 5.74) is -0.286. The van der Waals surface area contributed by atoms with Gasteiger partial charge >= 0.3 is 41.9 Å². The number of hydrogen-bond donors (Lipinski definition) is 1. The van der Waals surface area contributed by atoms with Crippen LogP contribution in [0.3, 0.4) is 0 Å². The number of aryl methyl sites for hydroxylation is 1. The van der Waals surface area contributed by atoms with E-state index in [0.717, 1.165) is 17.4 Å². The molecule has 0 bridgehead atoms. The second-order valence-corrected chi connectivity index (χ2v) is 5.92. The predicted molar refractivity (Wildman–Crippen MR) is 75.3 cm³/mol. The number of carbonyl (C=O) groups is 1. The van der Waals surface area contributed by atoms with Gasteiger partial charge in [0.25, 0.3) is 0 Å². The molecule has 0 heterocycles. The number of amides is 1. The molecule has 0 aromatic heterocycles. The summed E-state index contributed by atoms with van der Waals surface area (Å²) in [6, 6.07) is 3.37. The summed E-state index contributed by atoms with van der Waals surface area (Å²) in [4.78, 5) is 11.4. The molecule has 0 aliphatic carbocycles. The van der Waals surface area contributed by atoms with Crippen molar-refractivity contribution in [3.05, 3.63) is 29.3 Å². The van der Waals surface area contributed by atoms with Crippen molar-refractivity contribution in [3.8, 4) is 0 Å². The normalized spacial score (nSPS) is 14.3. The van der Waals surface area contributed by atoms with Gasteiger partial charge in [0.1, 0.15) is 0 Å². The minimum absolute atomic E-state index is 0.00119. The van der Waals surface area contributed by atoms with E-state index in [0.29, 0.717) is 5.56 Å². The van der Waals surface area contributed by atoms with Gasteiger partial charge in [0, 0.05) is 5.69 Å². The summed E-state index contributed by atoms with van der Waals surface area (Å²) in [7, 11) is 0. The smallest absolute Gasteiger partial charge is 0.320 e. The molecule has 1 rings (SSSR count). The minimum atomic E-state index is -7.75. The van der Waals surface area contributed by atoms with E-state index in [-0.39, 0.29) is 5.56 Å². The number of anilines is 1. The summed E-state index contributed by atoms with van der Waals surface area (Å²) in [6.07, 6.45) is -5.60. The van der Waals surface area contributed by atoms with Gasteiger partial charge in [0.05, 0.1) is 0 Å². The molecule has 0 fully saturated rings. The van der Waals surface area contributed by atoms with Crippen LogP contribution in [0.4, 0.5) is 58.4 Å². The fourth-order valence-corrected chi connectivity index (χ4v) is 1.97. The van der Waals surface area contributed by atoms with E-state index >= 15 is 0 Å². The Morgan fingerprint density at radius 3 is 1.76 bits per heavy atom. The molecule has 0 unspecified atom stereocenters. The van der Waals surface area contributed by atoms with Crippen LogP contribution in [0.2, 0.25) is 0 Å². The van der Waals surface area contributed by atoms with E-state index in [1.807, 2.05) is 0 Å². The molecule has 0 saturated heterocycles. The van der Waals surface area contributed by atoms with Gasteiger partial charge in [-0.3, -0.25) is 4.79 Å². The van der Waals surface area contributed by atoms with Crippen molar-refractivity contribution in [2.24, 2.45) is 0 Å². The van der Waals surface area contributed by atoms with Crippen molar-refractivity contribution in [2.45, 2.75) is 49.9 Å². The van der Waals surface area contributed by atoms with Gasteiger partial charge in [-0.2, -0.15) is 43.9 Å². The lowest BCUT2D eigenvalue weighted by molar-refractivity contribution is -0.406. The second kappa shape index (κ2) is 7.27. The highest BCUT2D eigenvalue weighted by Crippen LogP contribution is 2.58. The highest BCUT2D eigenvalue weighted by atomic mass is 19.4. The maximum atomic E-state index is 13.7. The van der Waals surface area contributed by atoms with Gasteiger partial charge in [-0.25, -0.2) is 8.78 Å². The van der Waals surface area contributed by atoms with Crippen LogP contribution in [0.1, 0.15) is 11.1 Å². The minimum Gasteiger partial charge on any atom is -0.320 e. The zero-order valence-corrected chi connectivity index (χ0v) is 14.3. The highest BCUT2D eigenvalue weighted by Gasteiger charge is 2.89. The summed E-state index contributed by atoms with van der Waals surface area (Å²) in [6.45, 7) is 2.56. The average molecular weight is 449 g/mol. The first-order valence-electron chi connectivity index (χ1n) is 7.31. The predicted octanol–water partition coefficient (Wildman–Crippen LogP) is 5.68. The second-order valence-electron chi connectivity index (χ2n) is 5.92. The molecule has 1 N–H and O–H groups in total. The van der Waals surface area contributed by atoms with Crippen LogP contribution in [0.15, 0.2) is 18.2 Å². The standard InChI is InChI=1S/C15H11F12NO/c1-6-4-3-5-8(7(6)2)28-10(29)12(20,21)14(24,25)15(26,27)13(22,23)11(18,19)9(16)17/h3-5,9H,1-2H3,(H,28,29). The Morgan fingerprint density at radius 1 is 0.828 bits per heavy atom. The molecule has 166 valence electrons. The van der Waals surface area contributed by atoms with Crippen molar-refractivity contribution in [3.63, 3.8) is 0 Å². The number of halogens is 12. The quantitative estimate of drug-likeness (QED) is 0.533. The van der Waals surface area contributed by atoms with Crippen molar-refractivity contribution >= 4 is 11.6 Å². The van der Waals surface area contributed by atoms with Gasteiger partial charge < -0.3 is 5.32 Å². The molecule has 1 aromatic rings. The Kier molecular flexibility index (Phi) is 6.24. The third-order valence-electron chi connectivity index (χ3n) is 4.01. The van der Waals surface area contributed by atoms with Crippen molar-refractivity contribution in [1.29, 1.82) is 0 Å². The molecule has 2 nitrogen and oxygen atoms in total. The monoisotopic (exact) mass is 449 g/mol. The largest absolute Gasteiger partial charge is 0.393 e. The SMILES string of the molecule is Cc1cccc(NC(=O)C(F)(F)C(F)(F)C(F)(F)C(F)(F)C(F)(F)C(F)F)c1C. The van der Waals surface area contributed by atoms with E-state index in [4.69, 9.17) is 0 Å². The lowest BCUT2D eigenvalue weighted by Gasteiger charge is -2.38. The summed E-state index contributed by atoms with van der Waals surface area (Å²) < 4.78 is 157. The number of benzene rings is 1. The summed E-state index contributed by atoms with van der Waals surface area (Å²) in [5.74, 6) is -39.9. The van der Waals surface area contributed by atoms with Crippen LogP contribution in [0.25, 0.3) is 0 Å². The first-order chi connectivity index (χ1) is 12.8. The number of carbonyl (C=O) groups excluding carboxylic acids is 1. The maximum Gasteiger partial charge on any atom is 0.393 e. The molecular weight excluding hydrogens is 438 g/mol. The topological polar surface area (TPSA) is 29.1 Å². The van der Waals surface area contributed by atoms with Crippen LogP contribution in [0.5, 0.6) is 0 Å². The summed E-state index contributed by atoms with van der Waals surface area (Å²) >= 11 is 0. The van der Waals surface area contributed by atoms with E-state index in [1.54, 1.807) is 0 Å². The van der Waals surface area contributed by atoms with E-state index in [1.165, 1.54) is 19.9 Å². The van der Waals surface area contributed by atoms with Crippen LogP contribution in [-0.4, -0.2) is 41.9 Å². The van der Waals surface area contributed by atoms with Crippen molar-refractivity contribution in [1.82, 2.24) is 0 Å². The van der Waals surface area contributed by atoms with Crippen molar-refractivity contribution < 1.29 is 57.5 Å². The highest BCUT2D eigenvalue weighted by molar-refractivity contribution is 5.97. The van der Waals surface area contributed by atoms with Crippen LogP contribution in [-0.2, 0) is 4.79 Å². The van der Waals surface area contributed by atoms with Crippen LogP contribution in [0, 0.1) is 13.8 Å². The lowest BCUT2D eigenvalue weighted by atomic mass is 9.94. The van der Waals surface area contributed by atoms with Crippen LogP contribution >= 0.6 is 0 Å².